The summed E-state index contributed by atoms with van der Waals surface area (Å²) < 4.78 is 0. The molecule has 0 amide bonds. The summed E-state index contributed by atoms with van der Waals surface area (Å²) in [5.41, 5.74) is 2.49. The smallest absolute Gasteiger partial charge is 0.0375 e. The summed E-state index contributed by atoms with van der Waals surface area (Å²) >= 11 is 0. The van der Waals surface area contributed by atoms with E-state index in [0.717, 1.165) is 12.2 Å². The average Bonchev–Trinajstić information content (AvgIpc) is 2.22. The number of hydrogen-bond acceptors (Lipinski definition) is 3. The molecular weight excluding hydrogens is 186 g/mol. The Morgan fingerprint density at radius 1 is 1.27 bits per heavy atom. The van der Waals surface area contributed by atoms with Crippen LogP contribution in [0.1, 0.15) is 11.3 Å². The van der Waals surface area contributed by atoms with Gasteiger partial charge in [0.1, 0.15) is 0 Å². The van der Waals surface area contributed by atoms with Gasteiger partial charge in [-0.15, -0.1) is 0 Å². The second-order valence-corrected chi connectivity index (χ2v) is 4.38. The maximum absolute atomic E-state index is 4.22. The van der Waals surface area contributed by atoms with Gasteiger partial charge in [-0.3, -0.25) is 9.88 Å². The zero-order chi connectivity index (χ0) is 10.7. The van der Waals surface area contributed by atoms with Gasteiger partial charge < -0.3 is 4.90 Å². The van der Waals surface area contributed by atoms with Gasteiger partial charge in [-0.25, -0.2) is 0 Å². The molecular formula is C12H19N3. The summed E-state index contributed by atoms with van der Waals surface area (Å²) in [6.45, 7) is 7.84. The molecule has 2 rings (SSSR count). The van der Waals surface area contributed by atoms with E-state index in [1.165, 1.54) is 31.7 Å². The first-order valence-corrected chi connectivity index (χ1v) is 5.56. The van der Waals surface area contributed by atoms with Gasteiger partial charge in [-0.1, -0.05) is 0 Å². The highest BCUT2D eigenvalue weighted by molar-refractivity contribution is 5.15. The summed E-state index contributed by atoms with van der Waals surface area (Å²) in [5, 5.41) is 0. The molecule has 0 spiro atoms. The molecule has 0 radical (unpaired) electrons. The number of nitrogens with zero attached hydrogens (tertiary/aromatic N) is 3. The molecule has 3 nitrogen and oxygen atoms in total. The summed E-state index contributed by atoms with van der Waals surface area (Å²) in [4.78, 5) is 9.11. The number of pyridine rings is 1. The molecule has 82 valence electrons. The van der Waals surface area contributed by atoms with Crippen molar-refractivity contribution in [3.05, 3.63) is 29.6 Å². The second-order valence-electron chi connectivity index (χ2n) is 4.38. The molecule has 1 aliphatic rings. The van der Waals surface area contributed by atoms with Crippen molar-refractivity contribution >= 4 is 0 Å². The quantitative estimate of drug-likeness (QED) is 0.721. The molecule has 0 aromatic carbocycles. The zero-order valence-corrected chi connectivity index (χ0v) is 9.61. The van der Waals surface area contributed by atoms with E-state index in [-0.39, 0.29) is 0 Å². The number of aryl methyl sites for hydroxylation is 1. The van der Waals surface area contributed by atoms with Crippen molar-refractivity contribution in [1.82, 2.24) is 14.8 Å². The Hall–Kier alpha value is -0.930. The third kappa shape index (κ3) is 3.01. The van der Waals surface area contributed by atoms with Crippen molar-refractivity contribution < 1.29 is 0 Å². The Morgan fingerprint density at radius 3 is 2.67 bits per heavy atom. The monoisotopic (exact) mass is 205 g/mol. The third-order valence-corrected chi connectivity index (χ3v) is 2.96. The maximum Gasteiger partial charge on any atom is 0.0375 e. The van der Waals surface area contributed by atoms with Crippen LogP contribution < -0.4 is 0 Å². The van der Waals surface area contributed by atoms with Gasteiger partial charge in [0.15, 0.2) is 0 Å². The number of rotatable bonds is 2. The van der Waals surface area contributed by atoms with Crippen molar-refractivity contribution in [3.63, 3.8) is 0 Å². The van der Waals surface area contributed by atoms with E-state index >= 15 is 0 Å². The van der Waals surface area contributed by atoms with Crippen molar-refractivity contribution in [1.29, 1.82) is 0 Å². The van der Waals surface area contributed by atoms with Gasteiger partial charge in [0.25, 0.3) is 0 Å². The van der Waals surface area contributed by atoms with Crippen LogP contribution in [0.25, 0.3) is 0 Å². The minimum absolute atomic E-state index is 1.07. The Balaban J connectivity index is 1.92. The standard InChI is InChI=1S/C12H19N3/c1-11-9-12(3-4-13-11)10-15-7-5-14(2)6-8-15/h3-4,9H,5-8,10H2,1-2H3. The van der Waals surface area contributed by atoms with Crippen LogP contribution in [0, 0.1) is 6.92 Å². The molecule has 3 heteroatoms. The largest absolute Gasteiger partial charge is 0.304 e. The zero-order valence-electron chi connectivity index (χ0n) is 9.61. The third-order valence-electron chi connectivity index (χ3n) is 2.96. The molecule has 0 unspecified atom stereocenters. The van der Waals surface area contributed by atoms with E-state index in [4.69, 9.17) is 0 Å². The fourth-order valence-corrected chi connectivity index (χ4v) is 1.97. The van der Waals surface area contributed by atoms with Crippen LogP contribution in [0.5, 0.6) is 0 Å². The van der Waals surface area contributed by atoms with Gasteiger partial charge >= 0.3 is 0 Å². The number of piperazine rings is 1. The molecule has 0 N–H and O–H groups in total. The fourth-order valence-electron chi connectivity index (χ4n) is 1.97. The Labute approximate surface area is 91.7 Å². The summed E-state index contributed by atoms with van der Waals surface area (Å²) in [6, 6.07) is 4.30. The lowest BCUT2D eigenvalue weighted by molar-refractivity contribution is 0.148. The van der Waals surface area contributed by atoms with E-state index in [0.29, 0.717) is 0 Å². The van der Waals surface area contributed by atoms with Gasteiger partial charge in [0.05, 0.1) is 0 Å². The fraction of sp³-hybridized carbons (Fsp3) is 0.583. The Bertz CT molecular complexity index is 316. The lowest BCUT2D eigenvalue weighted by Crippen LogP contribution is -2.43. The van der Waals surface area contributed by atoms with E-state index in [9.17, 15) is 0 Å². The first kappa shape index (κ1) is 10.6. The molecule has 1 aromatic heterocycles. The maximum atomic E-state index is 4.22. The van der Waals surface area contributed by atoms with E-state index in [1.54, 1.807) is 0 Å². The van der Waals surface area contributed by atoms with Crippen LogP contribution >= 0.6 is 0 Å². The molecule has 0 atom stereocenters. The number of aromatic nitrogens is 1. The molecule has 0 saturated carbocycles. The minimum Gasteiger partial charge on any atom is -0.304 e. The highest BCUT2D eigenvalue weighted by Crippen LogP contribution is 2.07. The molecule has 15 heavy (non-hydrogen) atoms. The SMILES string of the molecule is Cc1cc(CN2CCN(C)CC2)ccn1. The molecule has 0 aliphatic carbocycles. The second kappa shape index (κ2) is 4.73. The van der Waals surface area contributed by atoms with Gasteiger partial charge in [0.2, 0.25) is 0 Å². The number of likely N-dealkylation sites (N-methyl/N-ethyl adjacent to an activating group) is 1. The first-order valence-electron chi connectivity index (χ1n) is 5.56. The number of hydrogen-bond donors (Lipinski definition) is 0. The highest BCUT2D eigenvalue weighted by atomic mass is 15.2. The summed E-state index contributed by atoms with van der Waals surface area (Å²) in [7, 11) is 2.19. The summed E-state index contributed by atoms with van der Waals surface area (Å²) in [6.07, 6.45) is 1.90. The van der Waals surface area contributed by atoms with Crippen molar-refractivity contribution in [2.24, 2.45) is 0 Å². The average molecular weight is 205 g/mol. The minimum atomic E-state index is 1.07. The van der Waals surface area contributed by atoms with Crippen LogP contribution in [-0.2, 0) is 6.54 Å². The van der Waals surface area contributed by atoms with Crippen LogP contribution in [0.3, 0.4) is 0 Å². The van der Waals surface area contributed by atoms with Gasteiger partial charge in [-0.05, 0) is 31.7 Å². The van der Waals surface area contributed by atoms with Crippen molar-refractivity contribution in [2.75, 3.05) is 33.2 Å². The van der Waals surface area contributed by atoms with Crippen molar-refractivity contribution in [3.8, 4) is 0 Å². The molecule has 1 aliphatic heterocycles. The van der Waals surface area contributed by atoms with Gasteiger partial charge in [-0.2, -0.15) is 0 Å². The van der Waals surface area contributed by atoms with Crippen LogP contribution in [-0.4, -0.2) is 48.0 Å². The lowest BCUT2D eigenvalue weighted by atomic mass is 10.2. The van der Waals surface area contributed by atoms with Crippen LogP contribution in [0.4, 0.5) is 0 Å². The summed E-state index contributed by atoms with van der Waals surface area (Å²) in [5.74, 6) is 0. The molecule has 0 bridgehead atoms. The predicted molar refractivity (Wildman–Crippen MR) is 61.7 cm³/mol. The molecule has 1 fully saturated rings. The Kier molecular flexibility index (Phi) is 3.34. The Morgan fingerprint density at radius 2 is 2.00 bits per heavy atom. The molecule has 1 aromatic rings. The van der Waals surface area contributed by atoms with Crippen molar-refractivity contribution in [2.45, 2.75) is 13.5 Å². The van der Waals surface area contributed by atoms with Gasteiger partial charge in [0, 0.05) is 44.6 Å². The highest BCUT2D eigenvalue weighted by Gasteiger charge is 2.13. The van der Waals surface area contributed by atoms with Crippen LogP contribution in [0.2, 0.25) is 0 Å². The van der Waals surface area contributed by atoms with Crippen LogP contribution in [0.15, 0.2) is 18.3 Å². The van der Waals surface area contributed by atoms with E-state index in [1.807, 2.05) is 13.1 Å². The predicted octanol–water partition coefficient (Wildman–Crippen LogP) is 1.14. The lowest BCUT2D eigenvalue weighted by Gasteiger charge is -2.32. The van der Waals surface area contributed by atoms with E-state index in [2.05, 4.69) is 34.0 Å². The topological polar surface area (TPSA) is 19.4 Å². The van der Waals surface area contributed by atoms with E-state index < -0.39 is 0 Å². The molecule has 1 saturated heterocycles. The normalized spacial score (nSPS) is 19.3. The first-order chi connectivity index (χ1) is 7.24. The molecule has 2 heterocycles.